The summed E-state index contributed by atoms with van der Waals surface area (Å²) in [4.78, 5) is 17.0. The van der Waals surface area contributed by atoms with Gasteiger partial charge in [-0.3, -0.25) is 0 Å². The Morgan fingerprint density at radius 1 is 1.62 bits per heavy atom. The van der Waals surface area contributed by atoms with E-state index in [0.29, 0.717) is 0 Å². The first-order valence-corrected chi connectivity index (χ1v) is 4.87. The molecule has 0 aliphatic heterocycles. The fourth-order valence-corrected chi connectivity index (χ4v) is 0.853. The zero-order valence-corrected chi connectivity index (χ0v) is 5.90. The lowest BCUT2D eigenvalue weighted by Crippen LogP contribution is -1.83. The molecule has 0 saturated carbocycles. The first-order valence-electron chi connectivity index (χ1n) is 1.97. The Hall–Kier alpha value is 0.110. The van der Waals surface area contributed by atoms with Crippen molar-refractivity contribution in [1.82, 2.24) is 0 Å². The first kappa shape index (κ1) is 8.11. The highest BCUT2D eigenvalue weighted by Gasteiger charge is 2.01. The Morgan fingerprint density at radius 3 is 2.25 bits per heavy atom. The van der Waals surface area contributed by atoms with Crippen LogP contribution in [0.5, 0.6) is 0 Å². The number of hydrogen-bond acceptors (Lipinski definition) is 2. The average molecular weight is 153 g/mol. The SMILES string of the molecule is NC=CCP(O)(O)=S. The molecule has 4 N–H and O–H groups in total. The van der Waals surface area contributed by atoms with E-state index in [9.17, 15) is 0 Å². The molecule has 0 unspecified atom stereocenters. The predicted octanol–water partition coefficient (Wildman–Crippen LogP) is -0.247. The molecule has 0 aromatic heterocycles. The van der Waals surface area contributed by atoms with Crippen molar-refractivity contribution >= 4 is 18.3 Å². The van der Waals surface area contributed by atoms with Crippen LogP contribution in [0.2, 0.25) is 0 Å². The van der Waals surface area contributed by atoms with Gasteiger partial charge in [0.05, 0.1) is 0 Å². The Morgan fingerprint density at radius 2 is 2.12 bits per heavy atom. The Kier molecular flexibility index (Phi) is 3.24. The van der Waals surface area contributed by atoms with E-state index < -0.39 is 6.49 Å². The smallest absolute Gasteiger partial charge is 0.187 e. The van der Waals surface area contributed by atoms with Gasteiger partial charge in [0.25, 0.3) is 0 Å². The molecule has 0 radical (unpaired) electrons. The summed E-state index contributed by atoms with van der Waals surface area (Å²) in [6.07, 6.45) is 2.77. The third-order valence-corrected chi connectivity index (χ3v) is 1.61. The zero-order valence-electron chi connectivity index (χ0n) is 4.19. The van der Waals surface area contributed by atoms with Crippen LogP contribution < -0.4 is 5.73 Å². The maximum Gasteiger partial charge on any atom is 0.187 e. The number of hydrogen-bond donors (Lipinski definition) is 3. The third-order valence-electron chi connectivity index (χ3n) is 0.479. The molecule has 0 heterocycles. The van der Waals surface area contributed by atoms with Crippen LogP contribution >= 0.6 is 6.49 Å². The van der Waals surface area contributed by atoms with E-state index in [1.807, 2.05) is 0 Å². The molecule has 0 aliphatic carbocycles. The summed E-state index contributed by atoms with van der Waals surface area (Å²) in [6.45, 7) is -3.02. The van der Waals surface area contributed by atoms with Crippen LogP contribution in [0.15, 0.2) is 12.3 Å². The summed E-state index contributed by atoms with van der Waals surface area (Å²) in [5.74, 6) is 0. The van der Waals surface area contributed by atoms with Crippen molar-refractivity contribution in [2.75, 3.05) is 6.16 Å². The van der Waals surface area contributed by atoms with Gasteiger partial charge < -0.3 is 15.5 Å². The molecule has 0 fully saturated rings. The minimum atomic E-state index is -3.02. The molecule has 0 aliphatic rings. The molecule has 0 rings (SSSR count). The van der Waals surface area contributed by atoms with E-state index in [1.165, 1.54) is 12.3 Å². The van der Waals surface area contributed by atoms with Gasteiger partial charge in [0.15, 0.2) is 6.49 Å². The van der Waals surface area contributed by atoms with Crippen LogP contribution in [0.25, 0.3) is 0 Å². The van der Waals surface area contributed by atoms with E-state index in [1.54, 1.807) is 0 Å². The molecule has 48 valence electrons. The molecule has 0 atom stereocenters. The van der Waals surface area contributed by atoms with Gasteiger partial charge in [0.1, 0.15) is 0 Å². The van der Waals surface area contributed by atoms with Gasteiger partial charge in [-0.05, 0) is 18.0 Å². The molecular formula is C3H8NO2PS. The van der Waals surface area contributed by atoms with E-state index in [0.717, 1.165) is 0 Å². The van der Waals surface area contributed by atoms with Gasteiger partial charge in [-0.15, -0.1) is 0 Å². The summed E-state index contributed by atoms with van der Waals surface area (Å²) >= 11 is 4.27. The lowest BCUT2D eigenvalue weighted by molar-refractivity contribution is 0.483. The fraction of sp³-hybridized carbons (Fsp3) is 0.333. The van der Waals surface area contributed by atoms with Gasteiger partial charge in [-0.25, -0.2) is 0 Å². The number of rotatable bonds is 2. The Labute approximate surface area is 53.0 Å². The van der Waals surface area contributed by atoms with E-state index >= 15 is 0 Å². The van der Waals surface area contributed by atoms with Crippen LogP contribution in [-0.2, 0) is 11.8 Å². The van der Waals surface area contributed by atoms with Gasteiger partial charge in [0.2, 0.25) is 0 Å². The topological polar surface area (TPSA) is 66.5 Å². The quantitative estimate of drug-likeness (QED) is 0.479. The van der Waals surface area contributed by atoms with Crippen molar-refractivity contribution in [3.05, 3.63) is 12.3 Å². The molecule has 0 aromatic carbocycles. The molecular weight excluding hydrogens is 145 g/mol. The summed E-state index contributed by atoms with van der Waals surface area (Å²) in [7, 11) is 0. The van der Waals surface area contributed by atoms with Gasteiger partial charge in [-0.1, -0.05) is 6.08 Å². The summed E-state index contributed by atoms with van der Waals surface area (Å²) in [6, 6.07) is 0. The molecule has 0 spiro atoms. The highest BCUT2D eigenvalue weighted by Crippen LogP contribution is 2.34. The summed E-state index contributed by atoms with van der Waals surface area (Å²) < 4.78 is 0. The lowest BCUT2D eigenvalue weighted by atomic mass is 10.7. The summed E-state index contributed by atoms with van der Waals surface area (Å²) in [5, 5.41) is 0. The fourth-order valence-electron chi connectivity index (χ4n) is 0.198. The van der Waals surface area contributed by atoms with Gasteiger partial charge in [-0.2, -0.15) is 0 Å². The monoisotopic (exact) mass is 153 g/mol. The largest absolute Gasteiger partial charge is 0.405 e. The van der Waals surface area contributed by atoms with Crippen LogP contribution in [-0.4, -0.2) is 15.9 Å². The highest BCUT2D eigenvalue weighted by atomic mass is 32.5. The summed E-state index contributed by atoms with van der Waals surface area (Å²) in [5.41, 5.74) is 4.90. The van der Waals surface area contributed by atoms with Crippen LogP contribution in [0, 0.1) is 0 Å². The third kappa shape index (κ3) is 6.11. The predicted molar refractivity (Wildman–Crippen MR) is 36.9 cm³/mol. The van der Waals surface area contributed by atoms with Gasteiger partial charge in [0, 0.05) is 6.16 Å². The van der Waals surface area contributed by atoms with Crippen molar-refractivity contribution in [2.45, 2.75) is 0 Å². The molecule has 0 amide bonds. The second-order valence-electron chi connectivity index (χ2n) is 1.28. The second kappa shape index (κ2) is 3.20. The minimum Gasteiger partial charge on any atom is -0.405 e. The van der Waals surface area contributed by atoms with Crippen LogP contribution in [0.1, 0.15) is 0 Å². The average Bonchev–Trinajstić information content (AvgIpc) is 1.59. The Balaban J connectivity index is 3.57. The van der Waals surface area contributed by atoms with E-state index in [2.05, 4.69) is 11.8 Å². The maximum atomic E-state index is 8.52. The minimum absolute atomic E-state index is 0.0961. The molecule has 0 bridgehead atoms. The first-order chi connectivity index (χ1) is 3.56. The molecule has 0 saturated heterocycles. The van der Waals surface area contributed by atoms with E-state index in [-0.39, 0.29) is 6.16 Å². The van der Waals surface area contributed by atoms with Crippen LogP contribution in [0.4, 0.5) is 0 Å². The van der Waals surface area contributed by atoms with Crippen molar-refractivity contribution in [1.29, 1.82) is 0 Å². The number of allylic oxidation sites excluding steroid dienone is 1. The Bertz CT molecular complexity index is 129. The van der Waals surface area contributed by atoms with E-state index in [4.69, 9.17) is 15.5 Å². The van der Waals surface area contributed by atoms with Crippen molar-refractivity contribution in [2.24, 2.45) is 5.73 Å². The van der Waals surface area contributed by atoms with Crippen LogP contribution in [0.3, 0.4) is 0 Å². The van der Waals surface area contributed by atoms with Crippen molar-refractivity contribution in [3.8, 4) is 0 Å². The van der Waals surface area contributed by atoms with Crippen molar-refractivity contribution in [3.63, 3.8) is 0 Å². The lowest BCUT2D eigenvalue weighted by Gasteiger charge is -1.99. The second-order valence-corrected chi connectivity index (χ2v) is 4.72. The molecule has 0 aromatic rings. The highest BCUT2D eigenvalue weighted by molar-refractivity contribution is 8.09. The molecule has 5 heteroatoms. The molecule has 3 nitrogen and oxygen atoms in total. The van der Waals surface area contributed by atoms with Gasteiger partial charge >= 0.3 is 0 Å². The van der Waals surface area contributed by atoms with Crippen molar-refractivity contribution < 1.29 is 9.79 Å². The molecule has 8 heavy (non-hydrogen) atoms. The standard InChI is InChI=1S/C3H8NO2PS/c4-2-1-3-7(5,6)8/h1-2H,3-4H2,(H2,5,6,8). The number of nitrogens with two attached hydrogens (primary N) is 1. The normalized spacial score (nSPS) is 12.8. The maximum absolute atomic E-state index is 8.52. The zero-order chi connectivity index (χ0) is 6.62.